The number of benzene rings is 1. The Bertz CT molecular complexity index is 474. The van der Waals surface area contributed by atoms with Gasteiger partial charge in [-0.15, -0.1) is 0 Å². The molecule has 18 heavy (non-hydrogen) atoms. The van der Waals surface area contributed by atoms with Crippen LogP contribution in [0.1, 0.15) is 35.3 Å². The summed E-state index contributed by atoms with van der Waals surface area (Å²) in [5.74, 6) is -0.543. The first-order chi connectivity index (χ1) is 8.51. The molecule has 0 saturated carbocycles. The van der Waals surface area contributed by atoms with Gasteiger partial charge in [-0.25, -0.2) is 9.87 Å². The lowest BCUT2D eigenvalue weighted by molar-refractivity contribution is 0.0706. The molecule has 5 heteroatoms. The van der Waals surface area contributed by atoms with Crippen LogP contribution in [0.15, 0.2) is 12.1 Å². The van der Waals surface area contributed by atoms with E-state index in [9.17, 15) is 9.18 Å². The maximum absolute atomic E-state index is 13.9. The fraction of sp³-hybridized carbons (Fsp3) is 0.462. The number of fused-ring (bicyclic) bond motifs is 1. The van der Waals surface area contributed by atoms with Crippen molar-refractivity contribution in [3.8, 4) is 0 Å². The summed E-state index contributed by atoms with van der Waals surface area (Å²) in [6, 6.07) is 2.81. The first-order valence-corrected chi connectivity index (χ1v) is 5.99. The van der Waals surface area contributed by atoms with Gasteiger partial charge in [0.05, 0.1) is 0 Å². The number of nitrogens with zero attached hydrogens (tertiary/aromatic N) is 1. The van der Waals surface area contributed by atoms with Crippen molar-refractivity contribution in [1.82, 2.24) is 10.4 Å². The fourth-order valence-corrected chi connectivity index (χ4v) is 2.37. The minimum absolute atomic E-state index is 0.153. The first-order valence-electron chi connectivity index (χ1n) is 5.99. The molecule has 2 rings (SSSR count). The van der Waals surface area contributed by atoms with Gasteiger partial charge in [-0.3, -0.25) is 14.9 Å². The third kappa shape index (κ3) is 2.52. The zero-order chi connectivity index (χ0) is 13.3. The summed E-state index contributed by atoms with van der Waals surface area (Å²) in [7, 11) is 0. The van der Waals surface area contributed by atoms with Crippen LogP contribution in [-0.4, -0.2) is 22.6 Å². The fourth-order valence-electron chi connectivity index (χ4n) is 2.37. The Hall–Kier alpha value is -1.46. The minimum Gasteiger partial charge on any atom is -0.294 e. The van der Waals surface area contributed by atoms with Crippen molar-refractivity contribution in [3.05, 3.63) is 34.6 Å². The van der Waals surface area contributed by atoms with E-state index in [2.05, 4.69) is 18.7 Å². The van der Waals surface area contributed by atoms with Crippen molar-refractivity contribution in [1.29, 1.82) is 0 Å². The van der Waals surface area contributed by atoms with Crippen LogP contribution in [0.4, 0.5) is 4.39 Å². The summed E-state index contributed by atoms with van der Waals surface area (Å²) in [4.78, 5) is 13.4. The molecule has 4 nitrogen and oxygen atoms in total. The van der Waals surface area contributed by atoms with E-state index in [-0.39, 0.29) is 11.4 Å². The van der Waals surface area contributed by atoms with Crippen LogP contribution in [-0.2, 0) is 13.1 Å². The van der Waals surface area contributed by atoms with Crippen LogP contribution < -0.4 is 5.48 Å². The number of hydrogen-bond acceptors (Lipinski definition) is 3. The summed E-state index contributed by atoms with van der Waals surface area (Å²) in [5.41, 5.74) is 3.16. The average Bonchev–Trinajstić information content (AvgIpc) is 2.69. The second kappa shape index (κ2) is 5.04. The number of hydroxylamine groups is 1. The highest BCUT2D eigenvalue weighted by Crippen LogP contribution is 2.27. The molecule has 98 valence electrons. The van der Waals surface area contributed by atoms with Gasteiger partial charge >= 0.3 is 0 Å². The van der Waals surface area contributed by atoms with Crippen molar-refractivity contribution < 1.29 is 14.4 Å². The Kier molecular flexibility index (Phi) is 3.63. The number of nitrogens with one attached hydrogen (secondary N) is 1. The van der Waals surface area contributed by atoms with Gasteiger partial charge in [0, 0.05) is 30.8 Å². The number of carbonyl (C=O) groups is 1. The molecule has 0 aliphatic carbocycles. The molecule has 0 radical (unpaired) electrons. The second-order valence-corrected chi connectivity index (χ2v) is 5.10. The maximum atomic E-state index is 13.9. The molecule has 0 spiro atoms. The van der Waals surface area contributed by atoms with Gasteiger partial charge in [0.2, 0.25) is 0 Å². The lowest BCUT2D eigenvalue weighted by Gasteiger charge is -2.16. The molecule has 0 saturated heterocycles. The van der Waals surface area contributed by atoms with Crippen LogP contribution in [0.2, 0.25) is 0 Å². The SMILES string of the molecule is CC(C)CN1Cc2cc(C(=O)NO)cc(F)c2C1. The molecule has 1 aliphatic rings. The zero-order valence-corrected chi connectivity index (χ0v) is 10.5. The van der Waals surface area contributed by atoms with Crippen LogP contribution in [0, 0.1) is 11.7 Å². The number of rotatable bonds is 3. The van der Waals surface area contributed by atoms with E-state index in [1.807, 2.05) is 0 Å². The van der Waals surface area contributed by atoms with Crippen molar-refractivity contribution in [2.45, 2.75) is 26.9 Å². The van der Waals surface area contributed by atoms with E-state index in [1.165, 1.54) is 11.5 Å². The monoisotopic (exact) mass is 252 g/mol. The molecule has 2 N–H and O–H groups in total. The quantitative estimate of drug-likeness (QED) is 0.638. The van der Waals surface area contributed by atoms with Crippen molar-refractivity contribution in [3.63, 3.8) is 0 Å². The summed E-state index contributed by atoms with van der Waals surface area (Å²) < 4.78 is 13.9. The largest absolute Gasteiger partial charge is 0.294 e. The molecular weight excluding hydrogens is 235 g/mol. The normalized spacial score (nSPS) is 14.9. The van der Waals surface area contributed by atoms with E-state index in [0.717, 1.165) is 12.1 Å². The van der Waals surface area contributed by atoms with Gasteiger partial charge in [0.15, 0.2) is 0 Å². The molecule has 0 aromatic heterocycles. The number of halogens is 1. The van der Waals surface area contributed by atoms with Gasteiger partial charge in [0.1, 0.15) is 5.82 Å². The smallest absolute Gasteiger partial charge is 0.274 e. The van der Waals surface area contributed by atoms with E-state index in [4.69, 9.17) is 5.21 Å². The van der Waals surface area contributed by atoms with E-state index < -0.39 is 5.91 Å². The van der Waals surface area contributed by atoms with Crippen LogP contribution >= 0.6 is 0 Å². The van der Waals surface area contributed by atoms with E-state index >= 15 is 0 Å². The van der Waals surface area contributed by atoms with Gasteiger partial charge in [-0.1, -0.05) is 13.8 Å². The number of amides is 1. The molecule has 1 aliphatic heterocycles. The molecule has 0 fully saturated rings. The van der Waals surface area contributed by atoms with Crippen LogP contribution in [0.25, 0.3) is 0 Å². The van der Waals surface area contributed by atoms with Crippen molar-refractivity contribution in [2.24, 2.45) is 5.92 Å². The molecule has 1 amide bonds. The molecule has 0 unspecified atom stereocenters. The third-order valence-corrected chi connectivity index (χ3v) is 3.05. The predicted octanol–water partition coefficient (Wildman–Crippen LogP) is 1.92. The van der Waals surface area contributed by atoms with E-state index in [1.54, 1.807) is 6.07 Å². The number of hydrogen-bond donors (Lipinski definition) is 2. The highest BCUT2D eigenvalue weighted by molar-refractivity contribution is 5.93. The Balaban J connectivity index is 2.24. The summed E-state index contributed by atoms with van der Waals surface area (Å²) in [6.07, 6.45) is 0. The van der Waals surface area contributed by atoms with Crippen LogP contribution in [0.3, 0.4) is 0 Å². The van der Waals surface area contributed by atoms with Gasteiger partial charge in [-0.05, 0) is 23.6 Å². The second-order valence-electron chi connectivity index (χ2n) is 5.10. The standard InChI is InChI=1S/C13H17FN2O2/c1-8(2)5-16-6-10-3-9(13(17)15-18)4-12(14)11(10)7-16/h3-4,8,18H,5-7H2,1-2H3,(H,15,17). The topological polar surface area (TPSA) is 52.6 Å². The Morgan fingerprint density at radius 1 is 1.50 bits per heavy atom. The van der Waals surface area contributed by atoms with Crippen LogP contribution in [0.5, 0.6) is 0 Å². The predicted molar refractivity (Wildman–Crippen MR) is 64.6 cm³/mol. The molecule has 1 aromatic carbocycles. The molecule has 1 heterocycles. The summed E-state index contributed by atoms with van der Waals surface area (Å²) in [6.45, 7) is 6.36. The maximum Gasteiger partial charge on any atom is 0.274 e. The molecule has 0 atom stereocenters. The number of carbonyl (C=O) groups excluding carboxylic acids is 1. The minimum atomic E-state index is -0.681. The van der Waals surface area contributed by atoms with E-state index in [0.29, 0.717) is 24.6 Å². The molecule has 0 bridgehead atoms. The van der Waals surface area contributed by atoms with Gasteiger partial charge < -0.3 is 0 Å². The lowest BCUT2D eigenvalue weighted by Crippen LogP contribution is -2.21. The Morgan fingerprint density at radius 3 is 2.83 bits per heavy atom. The Labute approximate surface area is 105 Å². The first kappa shape index (κ1) is 13.0. The molecular formula is C13H17FN2O2. The van der Waals surface area contributed by atoms with Crippen molar-refractivity contribution in [2.75, 3.05) is 6.54 Å². The summed E-state index contributed by atoms with van der Waals surface area (Å²) >= 11 is 0. The highest BCUT2D eigenvalue weighted by Gasteiger charge is 2.24. The summed E-state index contributed by atoms with van der Waals surface area (Å²) in [5, 5.41) is 8.57. The average molecular weight is 252 g/mol. The van der Waals surface area contributed by atoms with Gasteiger partial charge in [-0.2, -0.15) is 0 Å². The lowest BCUT2D eigenvalue weighted by atomic mass is 10.1. The molecule has 1 aromatic rings. The van der Waals surface area contributed by atoms with Crippen molar-refractivity contribution >= 4 is 5.91 Å². The zero-order valence-electron chi connectivity index (χ0n) is 10.5. The third-order valence-electron chi connectivity index (χ3n) is 3.05. The Morgan fingerprint density at radius 2 is 2.22 bits per heavy atom. The van der Waals surface area contributed by atoms with Gasteiger partial charge in [0.25, 0.3) is 5.91 Å². The highest BCUT2D eigenvalue weighted by atomic mass is 19.1.